The smallest absolute Gasteiger partial charge is 0.0706 e. The summed E-state index contributed by atoms with van der Waals surface area (Å²) < 4.78 is 0. The minimum atomic E-state index is 0.749. The average molecular weight is 226 g/mol. The molecule has 17 heavy (non-hydrogen) atoms. The fourth-order valence-electron chi connectivity index (χ4n) is 1.91. The van der Waals surface area contributed by atoms with Crippen LogP contribution in [0.2, 0.25) is 0 Å². The van der Waals surface area contributed by atoms with E-state index in [1.165, 1.54) is 11.1 Å². The summed E-state index contributed by atoms with van der Waals surface area (Å²) in [5.41, 5.74) is 10.9. The van der Waals surface area contributed by atoms with Crippen LogP contribution in [-0.2, 0) is 6.42 Å². The van der Waals surface area contributed by atoms with Crippen molar-refractivity contribution >= 4 is 5.69 Å². The van der Waals surface area contributed by atoms with Gasteiger partial charge < -0.3 is 5.73 Å². The molecule has 2 N–H and O–H groups in total. The molecular weight excluding hydrogens is 208 g/mol. The average Bonchev–Trinajstić information content (AvgIpc) is 2.33. The molecule has 0 radical (unpaired) electrons. The molecule has 0 aliphatic rings. The van der Waals surface area contributed by atoms with Gasteiger partial charge in [0.05, 0.1) is 17.1 Å². The second-order valence-corrected chi connectivity index (χ2v) is 4.32. The minimum Gasteiger partial charge on any atom is -0.397 e. The lowest BCUT2D eigenvalue weighted by atomic mass is 10.0. The summed E-state index contributed by atoms with van der Waals surface area (Å²) in [5.74, 6) is 0. The zero-order valence-corrected chi connectivity index (χ0v) is 10.4. The number of rotatable bonds is 3. The largest absolute Gasteiger partial charge is 0.397 e. The maximum Gasteiger partial charge on any atom is 0.0706 e. The van der Waals surface area contributed by atoms with Gasteiger partial charge in [-0.15, -0.1) is 0 Å². The highest BCUT2D eigenvalue weighted by Crippen LogP contribution is 2.21. The van der Waals surface area contributed by atoms with E-state index in [1.807, 2.05) is 19.1 Å². The van der Waals surface area contributed by atoms with Crippen LogP contribution in [0.15, 0.2) is 36.4 Å². The van der Waals surface area contributed by atoms with Crippen LogP contribution >= 0.6 is 0 Å². The summed E-state index contributed by atoms with van der Waals surface area (Å²) >= 11 is 0. The van der Waals surface area contributed by atoms with Gasteiger partial charge in [0.1, 0.15) is 0 Å². The third-order valence-electron chi connectivity index (χ3n) is 2.89. The second kappa shape index (κ2) is 5.00. The molecule has 0 saturated heterocycles. The summed E-state index contributed by atoms with van der Waals surface area (Å²) in [4.78, 5) is 4.52. The summed E-state index contributed by atoms with van der Waals surface area (Å²) in [6.07, 6.45) is 2.28. The number of anilines is 1. The lowest BCUT2D eigenvalue weighted by molar-refractivity contribution is 0.922. The first-order chi connectivity index (χ1) is 8.20. The van der Waals surface area contributed by atoms with E-state index in [2.05, 4.69) is 36.2 Å². The van der Waals surface area contributed by atoms with Gasteiger partial charge in [0.15, 0.2) is 0 Å². The summed E-state index contributed by atoms with van der Waals surface area (Å²) in [6.45, 7) is 4.13. The Hall–Kier alpha value is -1.83. The highest BCUT2D eigenvalue weighted by Gasteiger charge is 2.02. The predicted molar refractivity (Wildman–Crippen MR) is 72.8 cm³/mol. The zero-order valence-electron chi connectivity index (χ0n) is 10.4. The SMILES string of the molecule is CCCc1cccc(-c2ccc(N)c(C)n2)c1. The van der Waals surface area contributed by atoms with E-state index in [0.717, 1.165) is 29.9 Å². The Bertz CT molecular complexity index is 518. The van der Waals surface area contributed by atoms with Crippen LogP contribution in [0.4, 0.5) is 5.69 Å². The molecule has 2 rings (SSSR count). The molecule has 0 saturated carbocycles. The maximum absolute atomic E-state index is 5.78. The third-order valence-corrected chi connectivity index (χ3v) is 2.89. The molecule has 0 aliphatic carbocycles. The lowest BCUT2D eigenvalue weighted by Crippen LogP contribution is -1.94. The highest BCUT2D eigenvalue weighted by atomic mass is 14.7. The molecule has 1 heterocycles. The summed E-state index contributed by atoms with van der Waals surface area (Å²) in [6, 6.07) is 12.5. The Morgan fingerprint density at radius 2 is 2.00 bits per heavy atom. The van der Waals surface area contributed by atoms with Crippen molar-refractivity contribution in [3.05, 3.63) is 47.7 Å². The van der Waals surface area contributed by atoms with Crippen LogP contribution < -0.4 is 5.73 Å². The van der Waals surface area contributed by atoms with Gasteiger partial charge in [-0.3, -0.25) is 4.98 Å². The van der Waals surface area contributed by atoms with Crippen LogP contribution in [0.5, 0.6) is 0 Å². The first-order valence-corrected chi connectivity index (χ1v) is 6.03. The van der Waals surface area contributed by atoms with Gasteiger partial charge in [0.2, 0.25) is 0 Å². The molecule has 0 amide bonds. The number of hydrogen-bond acceptors (Lipinski definition) is 2. The Labute approximate surface area is 103 Å². The van der Waals surface area contributed by atoms with Crippen molar-refractivity contribution < 1.29 is 0 Å². The van der Waals surface area contributed by atoms with E-state index in [1.54, 1.807) is 0 Å². The molecule has 0 spiro atoms. The topological polar surface area (TPSA) is 38.9 Å². The normalized spacial score (nSPS) is 10.5. The highest BCUT2D eigenvalue weighted by molar-refractivity contribution is 5.62. The molecule has 2 heteroatoms. The number of hydrogen-bond donors (Lipinski definition) is 1. The Balaban J connectivity index is 2.38. The van der Waals surface area contributed by atoms with Gasteiger partial charge in [0.25, 0.3) is 0 Å². The fraction of sp³-hybridized carbons (Fsp3) is 0.267. The monoisotopic (exact) mass is 226 g/mol. The van der Waals surface area contributed by atoms with Crippen LogP contribution in [0.3, 0.4) is 0 Å². The summed E-state index contributed by atoms with van der Waals surface area (Å²) in [5, 5.41) is 0. The van der Waals surface area contributed by atoms with Crippen molar-refractivity contribution in [3.8, 4) is 11.3 Å². The van der Waals surface area contributed by atoms with Crippen LogP contribution in [0.1, 0.15) is 24.6 Å². The predicted octanol–water partition coefficient (Wildman–Crippen LogP) is 3.59. The van der Waals surface area contributed by atoms with Gasteiger partial charge in [0, 0.05) is 5.56 Å². The fourth-order valence-corrected chi connectivity index (χ4v) is 1.91. The van der Waals surface area contributed by atoms with E-state index in [9.17, 15) is 0 Å². The Kier molecular flexibility index (Phi) is 3.43. The molecule has 88 valence electrons. The van der Waals surface area contributed by atoms with Gasteiger partial charge in [-0.25, -0.2) is 0 Å². The van der Waals surface area contributed by atoms with E-state index >= 15 is 0 Å². The van der Waals surface area contributed by atoms with Gasteiger partial charge in [-0.1, -0.05) is 31.5 Å². The van der Waals surface area contributed by atoms with E-state index in [4.69, 9.17) is 5.73 Å². The van der Waals surface area contributed by atoms with Gasteiger partial charge in [-0.2, -0.15) is 0 Å². The minimum absolute atomic E-state index is 0.749. The molecule has 1 aromatic carbocycles. The number of pyridine rings is 1. The van der Waals surface area contributed by atoms with Crippen molar-refractivity contribution in [1.29, 1.82) is 0 Å². The van der Waals surface area contributed by atoms with Crippen LogP contribution in [-0.4, -0.2) is 4.98 Å². The third kappa shape index (κ3) is 2.64. The van der Waals surface area contributed by atoms with Gasteiger partial charge >= 0.3 is 0 Å². The van der Waals surface area contributed by atoms with E-state index in [0.29, 0.717) is 0 Å². The number of nitrogens with two attached hydrogens (primary N) is 1. The van der Waals surface area contributed by atoms with Crippen molar-refractivity contribution in [2.24, 2.45) is 0 Å². The van der Waals surface area contributed by atoms with Crippen molar-refractivity contribution in [2.75, 3.05) is 5.73 Å². The van der Waals surface area contributed by atoms with E-state index < -0.39 is 0 Å². The van der Waals surface area contributed by atoms with Crippen LogP contribution in [0, 0.1) is 6.92 Å². The Morgan fingerprint density at radius 3 is 2.71 bits per heavy atom. The Morgan fingerprint density at radius 1 is 1.18 bits per heavy atom. The molecule has 2 aromatic rings. The molecular formula is C15H18N2. The first-order valence-electron chi connectivity index (χ1n) is 6.03. The van der Waals surface area contributed by atoms with Crippen LogP contribution in [0.25, 0.3) is 11.3 Å². The molecule has 0 atom stereocenters. The van der Waals surface area contributed by atoms with Crippen molar-refractivity contribution in [2.45, 2.75) is 26.7 Å². The molecule has 0 unspecified atom stereocenters. The lowest BCUT2D eigenvalue weighted by Gasteiger charge is -2.06. The number of aromatic nitrogens is 1. The number of aryl methyl sites for hydroxylation is 2. The molecule has 2 nitrogen and oxygen atoms in total. The summed E-state index contributed by atoms with van der Waals surface area (Å²) in [7, 11) is 0. The second-order valence-electron chi connectivity index (χ2n) is 4.32. The standard InChI is InChI=1S/C15H18N2/c1-3-5-12-6-4-7-13(10-12)15-9-8-14(16)11(2)17-15/h4,6-10H,3,5,16H2,1-2H3. The molecule has 0 aliphatic heterocycles. The number of nitrogen functional groups attached to an aromatic ring is 1. The van der Waals surface area contributed by atoms with Gasteiger partial charge in [-0.05, 0) is 37.1 Å². The van der Waals surface area contributed by atoms with Crippen molar-refractivity contribution in [3.63, 3.8) is 0 Å². The first kappa shape index (κ1) is 11.6. The van der Waals surface area contributed by atoms with E-state index in [-0.39, 0.29) is 0 Å². The number of nitrogens with zero attached hydrogens (tertiary/aromatic N) is 1. The zero-order chi connectivity index (χ0) is 12.3. The quantitative estimate of drug-likeness (QED) is 0.868. The molecule has 1 aromatic heterocycles. The molecule has 0 fully saturated rings. The molecule has 0 bridgehead atoms. The van der Waals surface area contributed by atoms with Crippen molar-refractivity contribution in [1.82, 2.24) is 4.98 Å². The maximum atomic E-state index is 5.78. The number of benzene rings is 1.